The predicted octanol–water partition coefficient (Wildman–Crippen LogP) is 3.23. The quantitative estimate of drug-likeness (QED) is 0.763. The molecule has 1 atom stereocenters. The van der Waals surface area contributed by atoms with Gasteiger partial charge >= 0.3 is 5.97 Å². The molecule has 27 heavy (non-hydrogen) atoms. The maximum absolute atomic E-state index is 12.5. The molecular formula is C22H28N2O3. The van der Waals surface area contributed by atoms with Gasteiger partial charge in [0.15, 0.2) is 0 Å². The second-order valence-electron chi connectivity index (χ2n) is 6.93. The lowest BCUT2D eigenvalue weighted by atomic mass is 10.0. The lowest BCUT2D eigenvalue weighted by molar-refractivity contribution is -0.125. The van der Waals surface area contributed by atoms with Crippen LogP contribution in [0.15, 0.2) is 42.5 Å². The Labute approximate surface area is 161 Å². The molecule has 0 saturated heterocycles. The third kappa shape index (κ3) is 5.66. The van der Waals surface area contributed by atoms with Gasteiger partial charge in [-0.3, -0.25) is 9.69 Å². The van der Waals surface area contributed by atoms with Crippen molar-refractivity contribution in [3.63, 3.8) is 0 Å². The predicted molar refractivity (Wildman–Crippen MR) is 106 cm³/mol. The Morgan fingerprint density at radius 2 is 1.78 bits per heavy atom. The largest absolute Gasteiger partial charge is 0.465 e. The summed E-state index contributed by atoms with van der Waals surface area (Å²) in [6, 6.07) is 13.2. The van der Waals surface area contributed by atoms with Crippen molar-refractivity contribution in [3.8, 4) is 0 Å². The summed E-state index contributed by atoms with van der Waals surface area (Å²) in [7, 11) is 3.31. The molecule has 0 aromatic heterocycles. The molecule has 0 bridgehead atoms. The summed E-state index contributed by atoms with van der Waals surface area (Å²) in [5.41, 5.74) is 5.12. The standard InChI is InChI=1S/C22H28N2O3/c1-15-6-9-20(16(2)12-15)14-24(4)17(3)21(25)23-13-18-7-10-19(11-8-18)22(26)27-5/h6-12,17H,13-14H2,1-5H3,(H,23,25)/t17-/m0/s1. The highest BCUT2D eigenvalue weighted by Gasteiger charge is 2.18. The molecule has 0 aliphatic rings. The molecule has 0 fully saturated rings. The summed E-state index contributed by atoms with van der Waals surface area (Å²) < 4.78 is 4.68. The second kappa shape index (κ2) is 9.33. The second-order valence-corrected chi connectivity index (χ2v) is 6.93. The average molecular weight is 368 g/mol. The fourth-order valence-corrected chi connectivity index (χ4v) is 2.84. The van der Waals surface area contributed by atoms with Gasteiger partial charge in [-0.05, 0) is 56.6 Å². The summed E-state index contributed by atoms with van der Waals surface area (Å²) in [6.45, 7) is 7.21. The van der Waals surface area contributed by atoms with Crippen LogP contribution < -0.4 is 5.32 Å². The van der Waals surface area contributed by atoms with Crippen molar-refractivity contribution in [2.45, 2.75) is 39.9 Å². The Morgan fingerprint density at radius 1 is 1.11 bits per heavy atom. The van der Waals surface area contributed by atoms with Crippen molar-refractivity contribution in [2.24, 2.45) is 0 Å². The van der Waals surface area contributed by atoms with Crippen LogP contribution in [0.25, 0.3) is 0 Å². The fraction of sp³-hybridized carbons (Fsp3) is 0.364. The molecule has 5 heteroatoms. The molecule has 0 heterocycles. The van der Waals surface area contributed by atoms with Gasteiger partial charge in [-0.2, -0.15) is 0 Å². The average Bonchev–Trinajstić information content (AvgIpc) is 2.67. The SMILES string of the molecule is COC(=O)c1ccc(CNC(=O)[C@H](C)N(C)Cc2ccc(C)cc2C)cc1. The minimum atomic E-state index is -0.368. The number of carbonyl (C=O) groups excluding carboxylic acids is 2. The summed E-state index contributed by atoms with van der Waals surface area (Å²) in [6.07, 6.45) is 0. The van der Waals surface area contributed by atoms with Crippen LogP contribution in [0.4, 0.5) is 0 Å². The number of ether oxygens (including phenoxy) is 1. The molecule has 0 saturated carbocycles. The van der Waals surface area contributed by atoms with Crippen LogP contribution in [0.5, 0.6) is 0 Å². The van der Waals surface area contributed by atoms with E-state index in [-0.39, 0.29) is 17.9 Å². The number of amides is 1. The van der Waals surface area contributed by atoms with Gasteiger partial charge in [0, 0.05) is 13.1 Å². The first-order valence-electron chi connectivity index (χ1n) is 9.03. The van der Waals surface area contributed by atoms with Crippen molar-refractivity contribution in [1.82, 2.24) is 10.2 Å². The number of nitrogens with zero attached hydrogens (tertiary/aromatic N) is 1. The summed E-state index contributed by atoms with van der Waals surface area (Å²) in [5.74, 6) is -0.397. The molecule has 0 aliphatic heterocycles. The normalized spacial score (nSPS) is 11.9. The van der Waals surface area contributed by atoms with Crippen LogP contribution in [-0.4, -0.2) is 37.0 Å². The molecule has 144 valence electrons. The summed E-state index contributed by atoms with van der Waals surface area (Å²) in [5, 5.41) is 2.96. The monoisotopic (exact) mass is 368 g/mol. The molecule has 0 radical (unpaired) electrons. The molecule has 2 rings (SSSR count). The minimum Gasteiger partial charge on any atom is -0.465 e. The lowest BCUT2D eigenvalue weighted by Gasteiger charge is -2.24. The number of likely N-dealkylation sites (N-methyl/N-ethyl adjacent to an activating group) is 1. The van der Waals surface area contributed by atoms with Crippen LogP contribution >= 0.6 is 0 Å². The Kier molecular flexibility index (Phi) is 7.13. The lowest BCUT2D eigenvalue weighted by Crippen LogP contribution is -2.42. The third-order valence-corrected chi connectivity index (χ3v) is 4.80. The van der Waals surface area contributed by atoms with E-state index in [0.717, 1.165) is 5.56 Å². The number of hydrogen-bond donors (Lipinski definition) is 1. The van der Waals surface area contributed by atoms with E-state index < -0.39 is 0 Å². The van der Waals surface area contributed by atoms with Crippen LogP contribution in [0.1, 0.15) is 39.5 Å². The number of esters is 1. The van der Waals surface area contributed by atoms with Crippen LogP contribution in [-0.2, 0) is 22.6 Å². The van der Waals surface area contributed by atoms with E-state index in [1.807, 2.05) is 31.0 Å². The highest BCUT2D eigenvalue weighted by molar-refractivity contribution is 5.89. The highest BCUT2D eigenvalue weighted by atomic mass is 16.5. The van der Waals surface area contributed by atoms with Gasteiger partial charge in [-0.1, -0.05) is 35.9 Å². The maximum atomic E-state index is 12.5. The van der Waals surface area contributed by atoms with Crippen molar-refractivity contribution in [3.05, 3.63) is 70.3 Å². The van der Waals surface area contributed by atoms with Gasteiger partial charge in [0.05, 0.1) is 18.7 Å². The number of hydrogen-bond acceptors (Lipinski definition) is 4. The van der Waals surface area contributed by atoms with E-state index in [1.165, 1.54) is 23.8 Å². The van der Waals surface area contributed by atoms with Crippen molar-refractivity contribution in [1.29, 1.82) is 0 Å². The first-order chi connectivity index (χ1) is 12.8. The van der Waals surface area contributed by atoms with Crippen molar-refractivity contribution in [2.75, 3.05) is 14.2 Å². The smallest absolute Gasteiger partial charge is 0.337 e. The molecule has 1 N–H and O–H groups in total. The van der Waals surface area contributed by atoms with E-state index in [1.54, 1.807) is 12.1 Å². The molecule has 5 nitrogen and oxygen atoms in total. The number of aryl methyl sites for hydroxylation is 2. The molecule has 0 unspecified atom stereocenters. The topological polar surface area (TPSA) is 58.6 Å². The molecule has 1 amide bonds. The fourth-order valence-electron chi connectivity index (χ4n) is 2.84. The van der Waals surface area contributed by atoms with Gasteiger partial charge in [0.2, 0.25) is 5.91 Å². The highest BCUT2D eigenvalue weighted by Crippen LogP contribution is 2.14. The van der Waals surface area contributed by atoms with E-state index in [9.17, 15) is 9.59 Å². The van der Waals surface area contributed by atoms with E-state index in [0.29, 0.717) is 18.7 Å². The number of carbonyl (C=O) groups is 2. The minimum absolute atomic E-state index is 0.0284. The summed E-state index contributed by atoms with van der Waals surface area (Å²) >= 11 is 0. The van der Waals surface area contributed by atoms with Crippen LogP contribution in [0.2, 0.25) is 0 Å². The Balaban J connectivity index is 1.89. The third-order valence-electron chi connectivity index (χ3n) is 4.80. The number of methoxy groups -OCH3 is 1. The van der Waals surface area contributed by atoms with Gasteiger partial charge in [-0.25, -0.2) is 4.79 Å². The number of rotatable bonds is 7. The molecule has 2 aromatic carbocycles. The maximum Gasteiger partial charge on any atom is 0.337 e. The van der Waals surface area contributed by atoms with Gasteiger partial charge in [0.1, 0.15) is 0 Å². The molecule has 0 spiro atoms. The number of benzene rings is 2. The Bertz CT molecular complexity index is 800. The van der Waals surface area contributed by atoms with Crippen LogP contribution in [0.3, 0.4) is 0 Å². The molecular weight excluding hydrogens is 340 g/mol. The first kappa shape index (κ1) is 20.6. The van der Waals surface area contributed by atoms with E-state index in [2.05, 4.69) is 42.1 Å². The van der Waals surface area contributed by atoms with Crippen molar-refractivity contribution < 1.29 is 14.3 Å². The zero-order valence-electron chi connectivity index (χ0n) is 16.7. The Morgan fingerprint density at radius 3 is 2.37 bits per heavy atom. The van der Waals surface area contributed by atoms with E-state index in [4.69, 9.17) is 0 Å². The Hall–Kier alpha value is -2.66. The van der Waals surface area contributed by atoms with Crippen LogP contribution in [0, 0.1) is 13.8 Å². The molecule has 2 aromatic rings. The molecule has 0 aliphatic carbocycles. The number of nitrogens with one attached hydrogen (secondary N) is 1. The van der Waals surface area contributed by atoms with Gasteiger partial charge < -0.3 is 10.1 Å². The van der Waals surface area contributed by atoms with Gasteiger partial charge in [-0.15, -0.1) is 0 Å². The zero-order valence-corrected chi connectivity index (χ0v) is 16.7. The van der Waals surface area contributed by atoms with E-state index >= 15 is 0 Å². The van der Waals surface area contributed by atoms with Crippen molar-refractivity contribution >= 4 is 11.9 Å². The van der Waals surface area contributed by atoms with Gasteiger partial charge in [0.25, 0.3) is 0 Å². The zero-order chi connectivity index (χ0) is 20.0. The summed E-state index contributed by atoms with van der Waals surface area (Å²) in [4.78, 5) is 26.0. The first-order valence-corrected chi connectivity index (χ1v) is 9.03.